The number of hydrogen-bond donors (Lipinski definition) is 1. The summed E-state index contributed by atoms with van der Waals surface area (Å²) in [7, 11) is -0.607. The summed E-state index contributed by atoms with van der Waals surface area (Å²) in [5, 5.41) is 2.74. The lowest BCUT2D eigenvalue weighted by Gasteiger charge is -2.18. The van der Waals surface area contributed by atoms with Crippen LogP contribution in [0.3, 0.4) is 0 Å². The van der Waals surface area contributed by atoms with Crippen LogP contribution in [-0.2, 0) is 30.8 Å². The second-order valence-electron chi connectivity index (χ2n) is 6.22. The molecule has 1 aliphatic rings. The van der Waals surface area contributed by atoms with Gasteiger partial charge in [-0.1, -0.05) is 18.2 Å². The lowest BCUT2D eigenvalue weighted by molar-refractivity contribution is -0.133. The fourth-order valence-electron chi connectivity index (χ4n) is 2.53. The van der Waals surface area contributed by atoms with Gasteiger partial charge in [-0.2, -0.15) is 0 Å². The van der Waals surface area contributed by atoms with Crippen molar-refractivity contribution in [2.24, 2.45) is 0 Å². The molecule has 1 aromatic carbocycles. The molecule has 140 valence electrons. The Morgan fingerprint density at radius 3 is 2.76 bits per heavy atom. The monoisotopic (exact) mass is 370 g/mol. The summed E-state index contributed by atoms with van der Waals surface area (Å²) in [6.45, 7) is 2.92. The number of nitrogens with one attached hydrogen (secondary N) is 1. The molecule has 1 saturated heterocycles. The summed E-state index contributed by atoms with van der Waals surface area (Å²) in [4.78, 5) is 12.4. The Morgan fingerprint density at radius 1 is 1.40 bits per heavy atom. The predicted molar refractivity (Wildman–Crippen MR) is 93.5 cm³/mol. The standard InChI is InChI=1S/C17H26N2O5S/c1-13(24-12-15-8-6-10-23-15)17(20)18-11-14-7-4-5-9-16(14)25(21,22)19(2)3/h4-5,7,9,13,15H,6,8,10-12H2,1-3H3,(H,18,20)/t13-,15+/m1/s1. The minimum Gasteiger partial charge on any atom is -0.376 e. The summed E-state index contributed by atoms with van der Waals surface area (Å²) in [5.41, 5.74) is 0.538. The van der Waals surface area contributed by atoms with Gasteiger partial charge in [0.05, 0.1) is 17.6 Å². The molecule has 0 radical (unpaired) electrons. The molecule has 0 aliphatic carbocycles. The van der Waals surface area contributed by atoms with Crippen molar-refractivity contribution < 1.29 is 22.7 Å². The summed E-state index contributed by atoms with van der Waals surface area (Å²) in [6, 6.07) is 6.63. The van der Waals surface area contributed by atoms with Crippen molar-refractivity contribution >= 4 is 15.9 Å². The van der Waals surface area contributed by atoms with Crippen LogP contribution < -0.4 is 5.32 Å². The Hall–Kier alpha value is -1.48. The van der Waals surface area contributed by atoms with Crippen LogP contribution in [0.25, 0.3) is 0 Å². The van der Waals surface area contributed by atoms with Crippen LogP contribution in [-0.4, -0.2) is 58.1 Å². The molecule has 1 fully saturated rings. The van der Waals surface area contributed by atoms with Crippen LogP contribution in [0.2, 0.25) is 0 Å². The summed E-state index contributed by atoms with van der Waals surface area (Å²) in [5.74, 6) is -0.282. The van der Waals surface area contributed by atoms with Gasteiger partial charge in [-0.15, -0.1) is 0 Å². The number of hydrogen-bond acceptors (Lipinski definition) is 5. The van der Waals surface area contributed by atoms with Crippen molar-refractivity contribution in [3.8, 4) is 0 Å². The maximum Gasteiger partial charge on any atom is 0.249 e. The Labute approximate surface area is 149 Å². The number of nitrogens with zero attached hydrogens (tertiary/aromatic N) is 1. The Bertz CT molecular complexity index is 684. The van der Waals surface area contributed by atoms with E-state index in [9.17, 15) is 13.2 Å². The van der Waals surface area contributed by atoms with Gasteiger partial charge in [-0.25, -0.2) is 12.7 Å². The number of carbonyl (C=O) groups is 1. The minimum atomic E-state index is -3.56. The molecule has 25 heavy (non-hydrogen) atoms. The van der Waals surface area contributed by atoms with E-state index in [1.807, 2.05) is 0 Å². The molecular weight excluding hydrogens is 344 g/mol. The van der Waals surface area contributed by atoms with E-state index in [2.05, 4.69) is 5.32 Å². The average Bonchev–Trinajstić information content (AvgIpc) is 3.11. The second-order valence-corrected chi connectivity index (χ2v) is 8.34. The molecule has 0 spiro atoms. The molecular formula is C17H26N2O5S. The van der Waals surface area contributed by atoms with Crippen molar-refractivity contribution in [3.05, 3.63) is 29.8 Å². The maximum absolute atomic E-state index is 12.4. The highest BCUT2D eigenvalue weighted by molar-refractivity contribution is 7.89. The van der Waals surface area contributed by atoms with E-state index in [0.717, 1.165) is 23.8 Å². The summed E-state index contributed by atoms with van der Waals surface area (Å²) >= 11 is 0. The first-order valence-electron chi connectivity index (χ1n) is 8.33. The molecule has 0 saturated carbocycles. The molecule has 7 nitrogen and oxygen atoms in total. The highest BCUT2D eigenvalue weighted by Gasteiger charge is 2.22. The van der Waals surface area contributed by atoms with Crippen LogP contribution in [0, 0.1) is 0 Å². The van der Waals surface area contributed by atoms with Crippen LogP contribution in [0.15, 0.2) is 29.2 Å². The molecule has 0 aromatic heterocycles. The first-order chi connectivity index (χ1) is 11.8. The van der Waals surface area contributed by atoms with Crippen LogP contribution in [0.5, 0.6) is 0 Å². The maximum atomic E-state index is 12.4. The van der Waals surface area contributed by atoms with E-state index in [4.69, 9.17) is 9.47 Å². The third-order valence-electron chi connectivity index (χ3n) is 4.11. The molecule has 1 amide bonds. The van der Waals surface area contributed by atoms with Crippen LogP contribution >= 0.6 is 0 Å². The second kappa shape index (κ2) is 8.75. The topological polar surface area (TPSA) is 84.9 Å². The number of ether oxygens (including phenoxy) is 2. The van der Waals surface area contributed by atoms with Gasteiger partial charge in [-0.3, -0.25) is 4.79 Å². The third kappa shape index (κ3) is 5.24. The Balaban J connectivity index is 1.93. The molecule has 0 bridgehead atoms. The fraction of sp³-hybridized carbons (Fsp3) is 0.588. The molecule has 1 aromatic rings. The van der Waals surface area contributed by atoms with E-state index in [0.29, 0.717) is 12.2 Å². The quantitative estimate of drug-likeness (QED) is 0.742. The van der Waals surface area contributed by atoms with Gasteiger partial charge >= 0.3 is 0 Å². The Morgan fingerprint density at radius 2 is 2.12 bits per heavy atom. The predicted octanol–water partition coefficient (Wildman–Crippen LogP) is 1.14. The van der Waals surface area contributed by atoms with Gasteiger partial charge in [0.15, 0.2) is 0 Å². The van der Waals surface area contributed by atoms with Crippen molar-refractivity contribution in [2.45, 2.75) is 43.4 Å². The van der Waals surface area contributed by atoms with Gasteiger partial charge in [-0.05, 0) is 31.4 Å². The Kier molecular flexibility index (Phi) is 6.95. The zero-order valence-electron chi connectivity index (χ0n) is 14.9. The van der Waals surface area contributed by atoms with Gasteiger partial charge in [0.1, 0.15) is 6.10 Å². The van der Waals surface area contributed by atoms with Gasteiger partial charge < -0.3 is 14.8 Å². The number of benzene rings is 1. The third-order valence-corrected chi connectivity index (χ3v) is 6.03. The smallest absolute Gasteiger partial charge is 0.249 e. The minimum absolute atomic E-state index is 0.0567. The molecule has 2 atom stereocenters. The summed E-state index contributed by atoms with van der Waals surface area (Å²) in [6.07, 6.45) is 1.40. The molecule has 1 N–H and O–H groups in total. The van der Waals surface area contributed by atoms with Crippen molar-refractivity contribution in [2.75, 3.05) is 27.3 Å². The van der Waals surface area contributed by atoms with Gasteiger partial charge in [0.2, 0.25) is 15.9 Å². The highest BCUT2D eigenvalue weighted by atomic mass is 32.2. The zero-order valence-corrected chi connectivity index (χ0v) is 15.7. The normalized spacial score (nSPS) is 19.1. The molecule has 8 heteroatoms. The molecule has 2 rings (SSSR count). The van der Waals surface area contributed by atoms with Crippen LogP contribution in [0.1, 0.15) is 25.3 Å². The van der Waals surface area contributed by atoms with E-state index in [1.165, 1.54) is 20.2 Å². The number of rotatable bonds is 8. The van der Waals surface area contributed by atoms with Gasteiger partial charge in [0, 0.05) is 27.2 Å². The number of sulfonamides is 1. The highest BCUT2D eigenvalue weighted by Crippen LogP contribution is 2.18. The summed E-state index contributed by atoms with van der Waals surface area (Å²) < 4.78 is 36.9. The number of carbonyl (C=O) groups excluding carboxylic acids is 1. The first-order valence-corrected chi connectivity index (χ1v) is 9.77. The zero-order chi connectivity index (χ0) is 18.4. The fourth-order valence-corrected chi connectivity index (χ4v) is 3.64. The van der Waals surface area contributed by atoms with E-state index in [1.54, 1.807) is 25.1 Å². The molecule has 0 unspecified atom stereocenters. The van der Waals surface area contributed by atoms with E-state index in [-0.39, 0.29) is 23.5 Å². The van der Waals surface area contributed by atoms with Gasteiger partial charge in [0.25, 0.3) is 0 Å². The lowest BCUT2D eigenvalue weighted by Crippen LogP contribution is -2.36. The van der Waals surface area contributed by atoms with Crippen molar-refractivity contribution in [3.63, 3.8) is 0 Å². The lowest BCUT2D eigenvalue weighted by atomic mass is 10.2. The molecule has 1 aliphatic heterocycles. The van der Waals surface area contributed by atoms with E-state index < -0.39 is 16.1 Å². The number of amides is 1. The molecule has 1 heterocycles. The van der Waals surface area contributed by atoms with Crippen molar-refractivity contribution in [1.82, 2.24) is 9.62 Å². The largest absolute Gasteiger partial charge is 0.376 e. The first kappa shape index (κ1) is 19.8. The average molecular weight is 370 g/mol. The van der Waals surface area contributed by atoms with E-state index >= 15 is 0 Å². The SMILES string of the molecule is C[C@@H](OC[C@@H]1CCCO1)C(=O)NCc1ccccc1S(=O)(=O)N(C)C. The van der Waals surface area contributed by atoms with Crippen molar-refractivity contribution in [1.29, 1.82) is 0 Å². The van der Waals surface area contributed by atoms with Crippen LogP contribution in [0.4, 0.5) is 0 Å².